The van der Waals surface area contributed by atoms with Gasteiger partial charge < -0.3 is 30.1 Å². The summed E-state index contributed by atoms with van der Waals surface area (Å²) in [6.07, 6.45) is 6.09. The van der Waals surface area contributed by atoms with Crippen LogP contribution in [-0.2, 0) is 0 Å². The van der Waals surface area contributed by atoms with Crippen LogP contribution in [0.15, 0.2) is 42.5 Å². The van der Waals surface area contributed by atoms with Crippen LogP contribution in [0.5, 0.6) is 11.8 Å². The number of anilines is 1. The molecule has 4 heterocycles. The van der Waals surface area contributed by atoms with E-state index in [4.69, 9.17) is 9.72 Å². The molecule has 1 aromatic heterocycles. The van der Waals surface area contributed by atoms with Crippen LogP contribution in [0.1, 0.15) is 46.5 Å². The number of aliphatic hydroxyl groups is 1. The van der Waals surface area contributed by atoms with Crippen molar-refractivity contribution in [3.05, 3.63) is 54.1 Å². The number of likely N-dealkylation sites (N-methyl/N-ethyl adjacent to an activating group) is 1. The van der Waals surface area contributed by atoms with Gasteiger partial charge in [-0.25, -0.2) is 8.78 Å². The van der Waals surface area contributed by atoms with Crippen LogP contribution in [0.4, 0.5) is 14.6 Å². The van der Waals surface area contributed by atoms with Crippen molar-refractivity contribution in [1.29, 1.82) is 0 Å². The third-order valence-corrected chi connectivity index (χ3v) is 11.5. The Kier molecular flexibility index (Phi) is 8.50. The zero-order chi connectivity index (χ0) is 34.0. The number of fused-ring (bicyclic) bond motifs is 6. The Labute approximate surface area is 284 Å². The Hall–Kier alpha value is -3.25. The summed E-state index contributed by atoms with van der Waals surface area (Å²) in [6.45, 7) is 8.77. The zero-order valence-electron chi connectivity index (χ0n) is 28.3. The number of rotatable bonds is 10. The van der Waals surface area contributed by atoms with Gasteiger partial charge in [0.05, 0.1) is 23.1 Å². The standard InChI is InChI=1S/C37H45F2N5O3S/c1-35(2,46)18-43(4)20-37(12-13-37)21-47-34-41-31-27(32(42-34)44-17-23-10-11-36(3,19-44)33(40-23)48-5)16-28(38)29(30(31)39)26-15-24(45)14-22-8-6-7-9-25(22)26/h6-9,14-16,23,33,40,45-46H,10-13,17-21H2,1-5H3. The van der Waals surface area contributed by atoms with Crippen molar-refractivity contribution < 1.29 is 23.7 Å². The zero-order valence-corrected chi connectivity index (χ0v) is 29.1. The lowest BCUT2D eigenvalue weighted by atomic mass is 9.81. The summed E-state index contributed by atoms with van der Waals surface area (Å²) in [5.74, 6) is -1.18. The molecule has 2 bridgehead atoms. The normalized spacial score (nSPS) is 23.6. The van der Waals surface area contributed by atoms with E-state index in [0.29, 0.717) is 48.2 Å². The largest absolute Gasteiger partial charge is 0.508 e. The SMILES string of the molecule is CSC1NC2CCC1(C)CN(c1nc(OCC3(CN(C)CC(C)(C)O)CC3)nc3c(F)c(-c4cc(O)cc5ccccc45)c(F)cc13)C2. The number of nitrogens with one attached hydrogen (secondary N) is 1. The van der Waals surface area contributed by atoms with Crippen LogP contribution in [0.25, 0.3) is 32.8 Å². The first-order valence-corrected chi connectivity index (χ1v) is 18.0. The van der Waals surface area contributed by atoms with E-state index in [2.05, 4.69) is 33.3 Å². The van der Waals surface area contributed by atoms with E-state index in [1.54, 1.807) is 43.8 Å². The summed E-state index contributed by atoms with van der Waals surface area (Å²) in [7, 11) is 1.99. The number of phenols is 1. The smallest absolute Gasteiger partial charge is 0.319 e. The first-order chi connectivity index (χ1) is 22.8. The van der Waals surface area contributed by atoms with Gasteiger partial charge in [-0.1, -0.05) is 31.2 Å². The summed E-state index contributed by atoms with van der Waals surface area (Å²) < 4.78 is 39.6. The van der Waals surface area contributed by atoms with Crippen LogP contribution < -0.4 is 15.0 Å². The predicted octanol–water partition coefficient (Wildman–Crippen LogP) is 6.56. The predicted molar refractivity (Wildman–Crippen MR) is 189 cm³/mol. The van der Waals surface area contributed by atoms with Crippen LogP contribution in [0, 0.1) is 22.5 Å². The molecule has 3 aromatic carbocycles. The van der Waals surface area contributed by atoms with Gasteiger partial charge in [-0.2, -0.15) is 9.97 Å². The summed E-state index contributed by atoms with van der Waals surface area (Å²) >= 11 is 1.80. The van der Waals surface area contributed by atoms with Gasteiger partial charge in [0.25, 0.3) is 0 Å². The highest BCUT2D eigenvalue weighted by Crippen LogP contribution is 2.48. The Morgan fingerprint density at radius 1 is 1.12 bits per heavy atom. The van der Waals surface area contributed by atoms with Gasteiger partial charge in [-0.3, -0.25) is 0 Å². The maximum atomic E-state index is 16.9. The minimum absolute atomic E-state index is 0.0149. The second-order valence-electron chi connectivity index (χ2n) is 15.3. The fourth-order valence-corrected chi connectivity index (χ4v) is 9.06. The number of aromatic hydroxyl groups is 1. The molecule has 3 aliphatic heterocycles. The Balaban J connectivity index is 1.33. The average Bonchev–Trinajstić information content (AvgIpc) is 3.82. The maximum absolute atomic E-state index is 16.9. The van der Waals surface area contributed by atoms with Crippen LogP contribution in [0.2, 0.25) is 0 Å². The Morgan fingerprint density at radius 2 is 1.90 bits per heavy atom. The lowest BCUT2D eigenvalue weighted by molar-refractivity contribution is 0.0350. The van der Waals surface area contributed by atoms with E-state index in [1.165, 1.54) is 12.1 Å². The minimum Gasteiger partial charge on any atom is -0.508 e. The Morgan fingerprint density at radius 3 is 2.62 bits per heavy atom. The highest BCUT2D eigenvalue weighted by molar-refractivity contribution is 7.99. The number of nitrogens with zero attached hydrogens (tertiary/aromatic N) is 4. The molecule has 48 heavy (non-hydrogen) atoms. The lowest BCUT2D eigenvalue weighted by Gasteiger charge is -2.41. The molecular weight excluding hydrogens is 633 g/mol. The molecule has 4 aliphatic rings. The number of piperidine rings is 1. The monoisotopic (exact) mass is 677 g/mol. The highest BCUT2D eigenvalue weighted by Gasteiger charge is 2.46. The number of thioether (sulfide) groups is 1. The number of ether oxygens (including phenoxy) is 1. The Bertz CT molecular complexity index is 1870. The second kappa shape index (κ2) is 12.3. The van der Waals surface area contributed by atoms with Crippen molar-refractivity contribution in [3.8, 4) is 22.9 Å². The van der Waals surface area contributed by atoms with Gasteiger partial charge in [-0.15, -0.1) is 11.8 Å². The molecule has 8 rings (SSSR count). The quantitative estimate of drug-likeness (QED) is 0.173. The highest BCUT2D eigenvalue weighted by atomic mass is 32.2. The van der Waals surface area contributed by atoms with Gasteiger partial charge in [0.2, 0.25) is 0 Å². The molecule has 0 spiro atoms. The third-order valence-electron chi connectivity index (χ3n) is 10.3. The second-order valence-corrected chi connectivity index (χ2v) is 16.3. The van der Waals surface area contributed by atoms with Crippen molar-refractivity contribution >= 4 is 39.3 Å². The molecule has 3 N–H and O–H groups in total. The van der Waals surface area contributed by atoms with E-state index in [-0.39, 0.29) is 50.6 Å². The summed E-state index contributed by atoms with van der Waals surface area (Å²) in [6, 6.07) is 11.8. The molecule has 0 radical (unpaired) electrons. The molecule has 4 aromatic rings. The lowest BCUT2D eigenvalue weighted by Crippen LogP contribution is -2.50. The summed E-state index contributed by atoms with van der Waals surface area (Å²) in [5, 5.41) is 26.5. The molecular formula is C37H45F2N5O3S. The van der Waals surface area contributed by atoms with E-state index >= 15 is 8.78 Å². The molecule has 1 aliphatic carbocycles. The molecule has 8 nitrogen and oxygen atoms in total. The molecule has 256 valence electrons. The summed E-state index contributed by atoms with van der Waals surface area (Å²) in [4.78, 5) is 13.8. The first-order valence-electron chi connectivity index (χ1n) is 16.8. The molecule has 3 atom stereocenters. The van der Waals surface area contributed by atoms with E-state index in [9.17, 15) is 10.2 Å². The topological polar surface area (TPSA) is 94.0 Å². The van der Waals surface area contributed by atoms with Crippen molar-refractivity contribution in [2.75, 3.05) is 51.0 Å². The van der Waals surface area contributed by atoms with Crippen LogP contribution >= 0.6 is 11.8 Å². The van der Waals surface area contributed by atoms with E-state index in [1.807, 2.05) is 19.2 Å². The number of hydrogen-bond donors (Lipinski definition) is 3. The molecule has 4 fully saturated rings. The number of phenolic OH excluding ortho intramolecular Hbond substituents is 1. The molecule has 0 amide bonds. The number of hydrogen-bond acceptors (Lipinski definition) is 9. The van der Waals surface area contributed by atoms with Gasteiger partial charge in [0.15, 0.2) is 5.82 Å². The molecule has 3 saturated heterocycles. The number of halogens is 2. The minimum atomic E-state index is -0.819. The van der Waals surface area contributed by atoms with Gasteiger partial charge in [0, 0.05) is 48.4 Å². The fraction of sp³-hybridized carbons (Fsp3) is 0.514. The van der Waals surface area contributed by atoms with Gasteiger partial charge in [-0.05, 0) is 87.4 Å². The van der Waals surface area contributed by atoms with E-state index < -0.39 is 17.2 Å². The van der Waals surface area contributed by atoms with Crippen molar-refractivity contribution in [2.24, 2.45) is 10.8 Å². The van der Waals surface area contributed by atoms with Crippen molar-refractivity contribution in [3.63, 3.8) is 0 Å². The van der Waals surface area contributed by atoms with Crippen LogP contribution in [-0.4, -0.2) is 88.2 Å². The van der Waals surface area contributed by atoms with Crippen LogP contribution in [0.3, 0.4) is 0 Å². The molecule has 3 unspecified atom stereocenters. The number of benzene rings is 3. The van der Waals surface area contributed by atoms with Gasteiger partial charge >= 0.3 is 6.01 Å². The summed E-state index contributed by atoms with van der Waals surface area (Å²) in [5.41, 5.74) is -1.02. The average molecular weight is 678 g/mol. The van der Waals surface area contributed by atoms with Gasteiger partial charge in [0.1, 0.15) is 22.9 Å². The molecule has 11 heteroatoms. The third kappa shape index (κ3) is 6.42. The van der Waals surface area contributed by atoms with Crippen molar-refractivity contribution in [2.45, 2.75) is 63.5 Å². The van der Waals surface area contributed by atoms with E-state index in [0.717, 1.165) is 32.2 Å². The number of aromatic nitrogens is 2. The van der Waals surface area contributed by atoms with Crippen molar-refractivity contribution in [1.82, 2.24) is 20.2 Å². The fourth-order valence-electron chi connectivity index (χ4n) is 7.97. The molecule has 1 saturated carbocycles. The maximum Gasteiger partial charge on any atom is 0.319 e. The first kappa shape index (κ1) is 33.3.